The van der Waals surface area contributed by atoms with Gasteiger partial charge in [0.2, 0.25) is 0 Å². The van der Waals surface area contributed by atoms with E-state index < -0.39 is 0 Å². The van der Waals surface area contributed by atoms with E-state index in [9.17, 15) is 0 Å². The Morgan fingerprint density at radius 2 is 2.11 bits per heavy atom. The smallest absolute Gasteiger partial charge is 0.0897 e. The van der Waals surface area contributed by atoms with Crippen LogP contribution in [0.15, 0.2) is 4.47 Å². The summed E-state index contributed by atoms with van der Waals surface area (Å²) < 4.78 is 8.77. The molecule has 0 radical (unpaired) electrons. The van der Waals surface area contributed by atoms with Crippen LogP contribution in [-0.4, -0.2) is 21.9 Å². The van der Waals surface area contributed by atoms with Crippen LogP contribution in [0.4, 0.5) is 0 Å². The van der Waals surface area contributed by atoms with Gasteiger partial charge in [-0.25, -0.2) is 0 Å². The van der Waals surface area contributed by atoms with Gasteiger partial charge in [0.25, 0.3) is 0 Å². The van der Waals surface area contributed by atoms with Crippen molar-refractivity contribution >= 4 is 15.9 Å². The highest BCUT2D eigenvalue weighted by Crippen LogP contribution is 2.28. The highest BCUT2D eigenvalue weighted by Gasteiger charge is 2.29. The topological polar surface area (TPSA) is 53.1 Å². The van der Waals surface area contributed by atoms with E-state index in [1.165, 1.54) is 12.8 Å². The minimum atomic E-state index is -0.0986. The monoisotopic (exact) mass is 315 g/mol. The zero-order valence-corrected chi connectivity index (χ0v) is 12.8. The van der Waals surface area contributed by atoms with Gasteiger partial charge in [-0.05, 0) is 35.2 Å². The molecule has 1 fully saturated rings. The van der Waals surface area contributed by atoms with Crippen LogP contribution in [0.5, 0.6) is 0 Å². The van der Waals surface area contributed by atoms with E-state index in [0.717, 1.165) is 35.1 Å². The molecule has 18 heavy (non-hydrogen) atoms. The number of halogens is 1. The van der Waals surface area contributed by atoms with E-state index in [0.29, 0.717) is 13.2 Å². The summed E-state index contributed by atoms with van der Waals surface area (Å²) in [5.41, 5.74) is 8.35. The standard InChI is InChI=1S/C13H22BrN3O/c1-3-10-12(14)11(17(2)16-10)8-18-9-13(15)6-4-5-7-13/h3-9,15H2,1-2H3. The van der Waals surface area contributed by atoms with Crippen LogP contribution < -0.4 is 5.73 Å². The molecule has 1 aromatic heterocycles. The molecule has 1 saturated carbocycles. The molecule has 0 amide bonds. The van der Waals surface area contributed by atoms with Gasteiger partial charge in [-0.3, -0.25) is 4.68 Å². The molecule has 0 bridgehead atoms. The third-order valence-electron chi connectivity index (χ3n) is 3.73. The van der Waals surface area contributed by atoms with E-state index in [-0.39, 0.29) is 5.54 Å². The Balaban J connectivity index is 1.92. The minimum absolute atomic E-state index is 0.0986. The van der Waals surface area contributed by atoms with Crippen LogP contribution in [0.25, 0.3) is 0 Å². The van der Waals surface area contributed by atoms with Crippen molar-refractivity contribution in [2.75, 3.05) is 6.61 Å². The van der Waals surface area contributed by atoms with Gasteiger partial charge in [-0.2, -0.15) is 5.10 Å². The molecule has 2 N–H and O–H groups in total. The second-order valence-electron chi connectivity index (χ2n) is 5.25. The quantitative estimate of drug-likeness (QED) is 0.908. The highest BCUT2D eigenvalue weighted by molar-refractivity contribution is 9.10. The maximum atomic E-state index is 6.27. The molecule has 0 aliphatic heterocycles. The molecule has 1 aliphatic carbocycles. The summed E-state index contributed by atoms with van der Waals surface area (Å²) in [7, 11) is 1.95. The Labute approximate surface area is 117 Å². The zero-order valence-electron chi connectivity index (χ0n) is 11.2. The van der Waals surface area contributed by atoms with Crippen molar-refractivity contribution in [3.8, 4) is 0 Å². The van der Waals surface area contributed by atoms with E-state index in [1.54, 1.807) is 0 Å². The molecule has 1 heterocycles. The normalized spacial score (nSPS) is 18.4. The van der Waals surface area contributed by atoms with Gasteiger partial charge in [-0.15, -0.1) is 0 Å². The number of ether oxygens (including phenoxy) is 1. The lowest BCUT2D eigenvalue weighted by molar-refractivity contribution is 0.0710. The third kappa shape index (κ3) is 2.95. The van der Waals surface area contributed by atoms with E-state index in [2.05, 4.69) is 28.0 Å². The van der Waals surface area contributed by atoms with Crippen molar-refractivity contribution in [2.24, 2.45) is 12.8 Å². The average Bonchev–Trinajstić information content (AvgIpc) is 2.87. The fourth-order valence-corrected chi connectivity index (χ4v) is 3.28. The summed E-state index contributed by atoms with van der Waals surface area (Å²) in [6.45, 7) is 3.32. The Hall–Kier alpha value is -0.390. The van der Waals surface area contributed by atoms with Gasteiger partial charge >= 0.3 is 0 Å². The van der Waals surface area contributed by atoms with E-state index in [4.69, 9.17) is 10.5 Å². The lowest BCUT2D eigenvalue weighted by Crippen LogP contribution is -2.41. The van der Waals surface area contributed by atoms with Gasteiger partial charge < -0.3 is 10.5 Å². The Bertz CT molecular complexity index is 411. The molecule has 0 aromatic carbocycles. The zero-order chi connectivity index (χ0) is 13.2. The summed E-state index contributed by atoms with van der Waals surface area (Å²) in [6.07, 6.45) is 5.55. The molecule has 0 unspecified atom stereocenters. The first-order chi connectivity index (χ1) is 8.56. The molecular formula is C13H22BrN3O. The van der Waals surface area contributed by atoms with E-state index in [1.807, 2.05) is 11.7 Å². The van der Waals surface area contributed by atoms with Gasteiger partial charge in [0.1, 0.15) is 0 Å². The molecule has 5 heteroatoms. The van der Waals surface area contributed by atoms with Crippen LogP contribution in [0, 0.1) is 0 Å². The van der Waals surface area contributed by atoms with Crippen molar-refractivity contribution in [1.82, 2.24) is 9.78 Å². The number of rotatable bonds is 5. The third-order valence-corrected chi connectivity index (χ3v) is 4.65. The first kappa shape index (κ1) is 14.0. The number of aryl methyl sites for hydroxylation is 2. The van der Waals surface area contributed by atoms with Gasteiger partial charge in [0.05, 0.1) is 29.1 Å². The van der Waals surface area contributed by atoms with Crippen molar-refractivity contribution in [3.05, 3.63) is 15.9 Å². The lowest BCUT2D eigenvalue weighted by atomic mass is 10.0. The lowest BCUT2D eigenvalue weighted by Gasteiger charge is -2.23. The second kappa shape index (κ2) is 5.72. The van der Waals surface area contributed by atoms with Crippen molar-refractivity contribution in [3.63, 3.8) is 0 Å². The molecule has 0 spiro atoms. The largest absolute Gasteiger partial charge is 0.373 e. The maximum absolute atomic E-state index is 6.27. The minimum Gasteiger partial charge on any atom is -0.373 e. The van der Waals surface area contributed by atoms with E-state index >= 15 is 0 Å². The summed E-state index contributed by atoms with van der Waals surface area (Å²) in [6, 6.07) is 0. The molecule has 1 aromatic rings. The van der Waals surface area contributed by atoms with Gasteiger partial charge in [0.15, 0.2) is 0 Å². The number of nitrogens with two attached hydrogens (primary N) is 1. The van der Waals surface area contributed by atoms with Crippen molar-refractivity contribution in [1.29, 1.82) is 0 Å². The predicted octanol–water partition coefficient (Wildman–Crippen LogP) is 2.53. The number of hydrogen-bond donors (Lipinski definition) is 1. The molecule has 0 saturated heterocycles. The first-order valence-electron chi connectivity index (χ1n) is 6.62. The number of aromatic nitrogens is 2. The highest BCUT2D eigenvalue weighted by atomic mass is 79.9. The second-order valence-corrected chi connectivity index (χ2v) is 6.04. The summed E-state index contributed by atoms with van der Waals surface area (Å²) in [5, 5.41) is 4.45. The molecule has 102 valence electrons. The number of hydrogen-bond acceptors (Lipinski definition) is 3. The summed E-state index contributed by atoms with van der Waals surface area (Å²) in [4.78, 5) is 0. The van der Waals surface area contributed by atoms with Crippen LogP contribution in [0.1, 0.15) is 44.0 Å². The average molecular weight is 316 g/mol. The van der Waals surface area contributed by atoms with Crippen LogP contribution in [0.2, 0.25) is 0 Å². The Morgan fingerprint density at radius 1 is 1.44 bits per heavy atom. The number of nitrogens with zero attached hydrogens (tertiary/aromatic N) is 2. The summed E-state index contributed by atoms with van der Waals surface area (Å²) >= 11 is 3.59. The van der Waals surface area contributed by atoms with Gasteiger partial charge in [0, 0.05) is 12.6 Å². The molecule has 4 nitrogen and oxygen atoms in total. The Kier molecular flexibility index (Phi) is 4.45. The first-order valence-corrected chi connectivity index (χ1v) is 7.42. The van der Waals surface area contributed by atoms with Gasteiger partial charge in [-0.1, -0.05) is 19.8 Å². The SMILES string of the molecule is CCc1nn(C)c(COCC2(N)CCCC2)c1Br. The fourth-order valence-electron chi connectivity index (χ4n) is 2.55. The Morgan fingerprint density at radius 3 is 2.67 bits per heavy atom. The fraction of sp³-hybridized carbons (Fsp3) is 0.769. The molecular weight excluding hydrogens is 294 g/mol. The summed E-state index contributed by atoms with van der Waals surface area (Å²) in [5.74, 6) is 0. The molecule has 2 rings (SSSR count). The molecule has 0 atom stereocenters. The van der Waals surface area contributed by atoms with Crippen LogP contribution >= 0.6 is 15.9 Å². The van der Waals surface area contributed by atoms with Crippen molar-refractivity contribution < 1.29 is 4.74 Å². The van der Waals surface area contributed by atoms with Crippen LogP contribution in [0.3, 0.4) is 0 Å². The maximum Gasteiger partial charge on any atom is 0.0897 e. The van der Waals surface area contributed by atoms with Crippen molar-refractivity contribution in [2.45, 2.75) is 51.2 Å². The molecule has 1 aliphatic rings. The van der Waals surface area contributed by atoms with Crippen LogP contribution in [-0.2, 0) is 24.8 Å². The predicted molar refractivity (Wildman–Crippen MR) is 75.3 cm³/mol.